The van der Waals surface area contributed by atoms with Gasteiger partial charge in [0.1, 0.15) is 0 Å². The Kier molecular flexibility index (Phi) is 6.33. The van der Waals surface area contributed by atoms with Gasteiger partial charge in [0.2, 0.25) is 21.9 Å². The van der Waals surface area contributed by atoms with Crippen molar-refractivity contribution in [3.05, 3.63) is 71.5 Å². The number of para-hydroxylation sites is 1. The molecule has 33 heavy (non-hydrogen) atoms. The summed E-state index contributed by atoms with van der Waals surface area (Å²) in [7, 11) is -1.78. The van der Waals surface area contributed by atoms with Crippen LogP contribution in [0.25, 0.3) is 0 Å². The Morgan fingerprint density at radius 2 is 1.94 bits per heavy atom. The van der Waals surface area contributed by atoms with Gasteiger partial charge in [0, 0.05) is 43.8 Å². The average Bonchev–Trinajstić information content (AvgIpc) is 3.21. The lowest BCUT2D eigenvalue weighted by molar-refractivity contribution is -0.116. The summed E-state index contributed by atoms with van der Waals surface area (Å²) in [5, 5.41) is 3.25. The second kappa shape index (κ2) is 9.19. The highest BCUT2D eigenvalue weighted by atomic mass is 32.2. The third-order valence-electron chi connectivity index (χ3n) is 5.80. The van der Waals surface area contributed by atoms with Gasteiger partial charge >= 0.3 is 0 Å². The van der Waals surface area contributed by atoms with Crippen LogP contribution in [0.3, 0.4) is 0 Å². The van der Waals surface area contributed by atoms with Crippen molar-refractivity contribution in [1.82, 2.24) is 9.97 Å². The van der Waals surface area contributed by atoms with Gasteiger partial charge in [0.15, 0.2) is 0 Å². The summed E-state index contributed by atoms with van der Waals surface area (Å²) in [5.74, 6) is 0.546. The van der Waals surface area contributed by atoms with E-state index in [1.165, 1.54) is 10.6 Å². The number of carbonyl (C=O) groups is 1. The molecule has 1 aliphatic heterocycles. The number of fused-ring (bicyclic) bond motifs is 1. The molecule has 0 spiro atoms. The number of rotatable bonds is 7. The standard InChI is InChI=1S/C24H27N5O3S/c1-17(30)29-15-13-19-16-21(10-11-23(19)29)27-24-25-14-12-20(26-24)9-8-18-6-4-5-7-22(18)28(2)33(3,31)32/h4-7,10-12,14,16H,8-9,13,15H2,1-3H3,(H,25,26,27). The highest BCUT2D eigenvalue weighted by molar-refractivity contribution is 7.92. The largest absolute Gasteiger partial charge is 0.324 e. The molecule has 0 saturated heterocycles. The fourth-order valence-electron chi connectivity index (χ4n) is 4.00. The minimum Gasteiger partial charge on any atom is -0.324 e. The normalized spacial score (nSPS) is 13.0. The lowest BCUT2D eigenvalue weighted by Gasteiger charge is -2.20. The molecular weight excluding hydrogens is 438 g/mol. The van der Waals surface area contributed by atoms with Crippen molar-refractivity contribution in [2.24, 2.45) is 0 Å². The van der Waals surface area contributed by atoms with Crippen molar-refractivity contribution < 1.29 is 13.2 Å². The molecular formula is C24H27N5O3S. The van der Waals surface area contributed by atoms with Gasteiger partial charge in [-0.15, -0.1) is 0 Å². The van der Waals surface area contributed by atoms with Crippen LogP contribution in [0.15, 0.2) is 54.7 Å². The Morgan fingerprint density at radius 3 is 2.70 bits per heavy atom. The predicted molar refractivity (Wildman–Crippen MR) is 131 cm³/mol. The van der Waals surface area contributed by atoms with Gasteiger partial charge in [-0.05, 0) is 60.7 Å². The van der Waals surface area contributed by atoms with Gasteiger partial charge in [-0.1, -0.05) is 18.2 Å². The quantitative estimate of drug-likeness (QED) is 0.575. The van der Waals surface area contributed by atoms with E-state index in [0.29, 0.717) is 31.0 Å². The van der Waals surface area contributed by atoms with E-state index >= 15 is 0 Å². The minimum atomic E-state index is -3.34. The van der Waals surface area contributed by atoms with Crippen LogP contribution < -0.4 is 14.5 Å². The van der Waals surface area contributed by atoms with Crippen LogP contribution in [0.1, 0.15) is 23.7 Å². The average molecular weight is 466 g/mol. The molecule has 1 amide bonds. The molecule has 1 N–H and O–H groups in total. The van der Waals surface area contributed by atoms with E-state index in [4.69, 9.17) is 0 Å². The summed E-state index contributed by atoms with van der Waals surface area (Å²) >= 11 is 0. The zero-order valence-corrected chi connectivity index (χ0v) is 19.8. The third-order valence-corrected chi connectivity index (χ3v) is 6.99. The number of sulfonamides is 1. The molecule has 0 bridgehead atoms. The monoisotopic (exact) mass is 465 g/mol. The highest BCUT2D eigenvalue weighted by Crippen LogP contribution is 2.31. The van der Waals surface area contributed by atoms with Crippen molar-refractivity contribution in [2.45, 2.75) is 26.2 Å². The topological polar surface area (TPSA) is 95.5 Å². The van der Waals surface area contributed by atoms with Gasteiger partial charge in [-0.3, -0.25) is 9.10 Å². The summed E-state index contributed by atoms with van der Waals surface area (Å²) in [6, 6.07) is 15.3. The van der Waals surface area contributed by atoms with Gasteiger partial charge in [0.05, 0.1) is 11.9 Å². The molecule has 3 aromatic rings. The maximum atomic E-state index is 12.0. The number of aromatic nitrogens is 2. The van der Waals surface area contributed by atoms with Gasteiger partial charge in [-0.2, -0.15) is 0 Å². The molecule has 8 nitrogen and oxygen atoms in total. The fourth-order valence-corrected chi connectivity index (χ4v) is 4.54. The number of carbonyl (C=O) groups excluding carboxylic acids is 1. The maximum Gasteiger partial charge on any atom is 0.232 e. The number of hydrogen-bond donors (Lipinski definition) is 1. The van der Waals surface area contributed by atoms with E-state index in [2.05, 4.69) is 15.3 Å². The second-order valence-electron chi connectivity index (χ2n) is 8.12. The van der Waals surface area contributed by atoms with E-state index in [0.717, 1.165) is 34.6 Å². The first-order chi connectivity index (χ1) is 15.7. The number of aryl methyl sites for hydroxylation is 2. The Labute approximate surface area is 194 Å². The molecule has 4 rings (SSSR count). The van der Waals surface area contributed by atoms with Crippen LogP contribution in [-0.4, -0.2) is 44.1 Å². The van der Waals surface area contributed by atoms with Crippen LogP contribution >= 0.6 is 0 Å². The summed E-state index contributed by atoms with van der Waals surface area (Å²) in [6.45, 7) is 2.29. The lowest BCUT2D eigenvalue weighted by Crippen LogP contribution is -2.26. The molecule has 0 saturated carbocycles. The summed E-state index contributed by atoms with van der Waals surface area (Å²) in [6.07, 6.45) is 5.02. The van der Waals surface area contributed by atoms with E-state index in [1.54, 1.807) is 25.1 Å². The number of anilines is 4. The Morgan fingerprint density at radius 1 is 1.15 bits per heavy atom. The molecule has 0 unspecified atom stereocenters. The van der Waals surface area contributed by atoms with Crippen LogP contribution in [0.5, 0.6) is 0 Å². The number of hydrogen-bond acceptors (Lipinski definition) is 6. The number of benzene rings is 2. The number of nitrogens with zero attached hydrogens (tertiary/aromatic N) is 4. The van der Waals surface area contributed by atoms with Crippen molar-refractivity contribution in [3.63, 3.8) is 0 Å². The molecule has 1 aliphatic rings. The molecule has 2 aromatic carbocycles. The Bertz CT molecular complexity index is 1290. The minimum absolute atomic E-state index is 0.0507. The van der Waals surface area contributed by atoms with Crippen LogP contribution in [0.4, 0.5) is 23.0 Å². The van der Waals surface area contributed by atoms with E-state index in [-0.39, 0.29) is 5.91 Å². The van der Waals surface area contributed by atoms with Gasteiger partial charge in [0.25, 0.3) is 0 Å². The number of amides is 1. The summed E-state index contributed by atoms with van der Waals surface area (Å²) in [5.41, 5.74) is 5.42. The molecule has 9 heteroatoms. The summed E-state index contributed by atoms with van der Waals surface area (Å²) in [4.78, 5) is 22.5. The molecule has 0 radical (unpaired) electrons. The maximum absolute atomic E-state index is 12.0. The SMILES string of the molecule is CC(=O)N1CCc2cc(Nc3nccc(CCc4ccccc4N(C)S(C)(=O)=O)n3)ccc21. The summed E-state index contributed by atoms with van der Waals surface area (Å²) < 4.78 is 25.3. The molecule has 172 valence electrons. The molecule has 1 aromatic heterocycles. The Balaban J connectivity index is 1.47. The molecule has 0 aliphatic carbocycles. The fraction of sp³-hybridized carbons (Fsp3) is 0.292. The first kappa shape index (κ1) is 22.7. The van der Waals surface area contributed by atoms with Crippen LogP contribution in [-0.2, 0) is 34.1 Å². The zero-order valence-electron chi connectivity index (χ0n) is 18.9. The lowest BCUT2D eigenvalue weighted by atomic mass is 10.1. The zero-order chi connectivity index (χ0) is 23.6. The third kappa shape index (κ3) is 5.14. The van der Waals surface area contributed by atoms with E-state index < -0.39 is 10.0 Å². The van der Waals surface area contributed by atoms with Crippen molar-refractivity contribution in [2.75, 3.05) is 34.4 Å². The van der Waals surface area contributed by atoms with E-state index in [1.807, 2.05) is 48.5 Å². The van der Waals surface area contributed by atoms with Gasteiger partial charge < -0.3 is 10.2 Å². The molecule has 2 heterocycles. The molecule has 0 atom stereocenters. The molecule has 0 fully saturated rings. The van der Waals surface area contributed by atoms with Crippen molar-refractivity contribution >= 4 is 38.9 Å². The van der Waals surface area contributed by atoms with Crippen molar-refractivity contribution in [3.8, 4) is 0 Å². The van der Waals surface area contributed by atoms with Crippen LogP contribution in [0.2, 0.25) is 0 Å². The highest BCUT2D eigenvalue weighted by Gasteiger charge is 2.22. The second-order valence-corrected chi connectivity index (χ2v) is 10.1. The predicted octanol–water partition coefficient (Wildman–Crippen LogP) is 3.31. The van der Waals surface area contributed by atoms with Crippen molar-refractivity contribution in [1.29, 1.82) is 0 Å². The smallest absolute Gasteiger partial charge is 0.232 e. The Hall–Kier alpha value is -3.46. The first-order valence-electron chi connectivity index (χ1n) is 10.7. The van der Waals surface area contributed by atoms with Crippen LogP contribution in [0, 0.1) is 0 Å². The first-order valence-corrected chi connectivity index (χ1v) is 12.6. The number of nitrogens with one attached hydrogen (secondary N) is 1. The van der Waals surface area contributed by atoms with Gasteiger partial charge in [-0.25, -0.2) is 18.4 Å². The van der Waals surface area contributed by atoms with E-state index in [9.17, 15) is 13.2 Å².